The summed E-state index contributed by atoms with van der Waals surface area (Å²) in [6.07, 6.45) is 1.63. The quantitative estimate of drug-likeness (QED) is 0.410. The fourth-order valence-electron chi connectivity index (χ4n) is 1.70. The van der Waals surface area contributed by atoms with E-state index in [4.69, 9.17) is 9.84 Å². The molecular weight excluding hydrogens is 264 g/mol. The topological polar surface area (TPSA) is 102 Å². The molecule has 2 N–H and O–H groups in total. The fraction of sp³-hybridized carbons (Fsp3) is 0.462. The van der Waals surface area contributed by atoms with Gasteiger partial charge in [0.15, 0.2) is 0 Å². The number of hydrogen-bond donors (Lipinski definition) is 2. The van der Waals surface area contributed by atoms with Gasteiger partial charge in [-0.05, 0) is 25.0 Å². The third-order valence-corrected chi connectivity index (χ3v) is 2.58. The number of nitro benzene ring substituents is 1. The molecule has 0 spiro atoms. The first-order valence-corrected chi connectivity index (χ1v) is 6.40. The van der Waals surface area contributed by atoms with Gasteiger partial charge in [0, 0.05) is 19.8 Å². The molecule has 110 valence electrons. The predicted molar refractivity (Wildman–Crippen MR) is 74.3 cm³/mol. The van der Waals surface area contributed by atoms with Gasteiger partial charge in [-0.3, -0.25) is 10.1 Å². The van der Waals surface area contributed by atoms with Gasteiger partial charge in [-0.1, -0.05) is 13.0 Å². The lowest BCUT2D eigenvalue weighted by atomic mass is 10.1. The molecular formula is C13H18N2O5. The highest BCUT2D eigenvalue weighted by atomic mass is 16.6. The van der Waals surface area contributed by atoms with Crippen molar-refractivity contribution in [2.75, 3.05) is 25.1 Å². The van der Waals surface area contributed by atoms with Crippen LogP contribution in [0.1, 0.15) is 30.1 Å². The molecule has 0 atom stereocenters. The first-order chi connectivity index (χ1) is 9.57. The van der Waals surface area contributed by atoms with Crippen molar-refractivity contribution in [1.29, 1.82) is 0 Å². The Hall–Kier alpha value is -2.15. The van der Waals surface area contributed by atoms with E-state index in [1.54, 1.807) is 0 Å². The molecule has 0 fully saturated rings. The van der Waals surface area contributed by atoms with Gasteiger partial charge in [0.05, 0.1) is 4.92 Å². The van der Waals surface area contributed by atoms with Crippen molar-refractivity contribution in [2.45, 2.75) is 19.8 Å². The Kier molecular flexibility index (Phi) is 6.45. The number of rotatable bonds is 9. The van der Waals surface area contributed by atoms with Crippen molar-refractivity contribution in [3.05, 3.63) is 33.9 Å². The van der Waals surface area contributed by atoms with E-state index in [0.29, 0.717) is 26.2 Å². The van der Waals surface area contributed by atoms with Crippen LogP contribution < -0.4 is 5.32 Å². The summed E-state index contributed by atoms with van der Waals surface area (Å²) >= 11 is 0. The number of carboxylic acid groups (broad SMARTS) is 1. The second kappa shape index (κ2) is 8.11. The van der Waals surface area contributed by atoms with Crippen molar-refractivity contribution in [1.82, 2.24) is 0 Å². The van der Waals surface area contributed by atoms with Crippen molar-refractivity contribution < 1.29 is 19.6 Å². The number of anilines is 1. The third kappa shape index (κ3) is 4.51. The number of carboxylic acids is 1. The molecule has 1 rings (SSSR count). The summed E-state index contributed by atoms with van der Waals surface area (Å²) < 4.78 is 5.29. The maximum Gasteiger partial charge on any atom is 0.342 e. The lowest BCUT2D eigenvalue weighted by Crippen LogP contribution is -2.10. The van der Waals surface area contributed by atoms with Gasteiger partial charge < -0.3 is 15.2 Å². The van der Waals surface area contributed by atoms with Crippen LogP contribution in [0.5, 0.6) is 0 Å². The maximum atomic E-state index is 11.0. The molecule has 0 amide bonds. The highest BCUT2D eigenvalue weighted by Gasteiger charge is 2.23. The van der Waals surface area contributed by atoms with Crippen LogP contribution in [-0.4, -0.2) is 35.8 Å². The van der Waals surface area contributed by atoms with Gasteiger partial charge in [-0.15, -0.1) is 0 Å². The molecule has 0 saturated heterocycles. The standard InChI is InChI=1S/C13H18N2O5/c1-2-8-20-9-4-7-14-11-6-3-5-10(13(16)17)12(11)15(18)19/h3,5-6,14H,2,4,7-9H2,1H3,(H,16,17). The summed E-state index contributed by atoms with van der Waals surface area (Å²) in [5.74, 6) is -1.31. The first kappa shape index (κ1) is 15.9. The van der Waals surface area contributed by atoms with Gasteiger partial charge in [0.2, 0.25) is 0 Å². The summed E-state index contributed by atoms with van der Waals surface area (Å²) in [4.78, 5) is 21.3. The highest BCUT2D eigenvalue weighted by Crippen LogP contribution is 2.28. The Balaban J connectivity index is 2.67. The summed E-state index contributed by atoms with van der Waals surface area (Å²) in [6, 6.07) is 4.19. The van der Waals surface area contributed by atoms with Crippen LogP contribution in [0.25, 0.3) is 0 Å². The van der Waals surface area contributed by atoms with Crippen LogP contribution in [0.15, 0.2) is 18.2 Å². The van der Waals surface area contributed by atoms with Gasteiger partial charge in [0.1, 0.15) is 11.3 Å². The molecule has 0 aliphatic carbocycles. The number of hydrogen-bond acceptors (Lipinski definition) is 5. The Morgan fingerprint density at radius 1 is 1.45 bits per heavy atom. The molecule has 0 aliphatic rings. The number of ether oxygens (including phenoxy) is 1. The van der Waals surface area contributed by atoms with Gasteiger partial charge in [0.25, 0.3) is 0 Å². The molecule has 20 heavy (non-hydrogen) atoms. The maximum absolute atomic E-state index is 11.0. The summed E-state index contributed by atoms with van der Waals surface area (Å²) in [5.41, 5.74) is -0.512. The van der Waals surface area contributed by atoms with E-state index in [0.717, 1.165) is 6.42 Å². The normalized spacial score (nSPS) is 10.2. The zero-order valence-corrected chi connectivity index (χ0v) is 11.3. The van der Waals surface area contributed by atoms with Crippen molar-refractivity contribution in [3.63, 3.8) is 0 Å². The molecule has 1 aromatic carbocycles. The van der Waals surface area contributed by atoms with E-state index >= 15 is 0 Å². The van der Waals surface area contributed by atoms with E-state index in [1.165, 1.54) is 18.2 Å². The first-order valence-electron chi connectivity index (χ1n) is 6.40. The van der Waals surface area contributed by atoms with Crippen molar-refractivity contribution >= 4 is 17.3 Å². The summed E-state index contributed by atoms with van der Waals surface area (Å²) in [6.45, 7) is 3.74. The third-order valence-electron chi connectivity index (χ3n) is 2.58. The number of carbonyl (C=O) groups is 1. The lowest BCUT2D eigenvalue weighted by molar-refractivity contribution is -0.384. The molecule has 1 aromatic rings. The van der Waals surface area contributed by atoms with Crippen LogP contribution in [0.3, 0.4) is 0 Å². The van der Waals surface area contributed by atoms with E-state index in [1.807, 2.05) is 6.92 Å². The van der Waals surface area contributed by atoms with Crippen LogP contribution in [0, 0.1) is 10.1 Å². The monoisotopic (exact) mass is 282 g/mol. The van der Waals surface area contributed by atoms with E-state index in [-0.39, 0.29) is 11.3 Å². The zero-order chi connectivity index (χ0) is 15.0. The molecule has 0 saturated carbocycles. The van der Waals surface area contributed by atoms with Gasteiger partial charge in [-0.2, -0.15) is 0 Å². The molecule has 7 heteroatoms. The fourth-order valence-corrected chi connectivity index (χ4v) is 1.70. The highest BCUT2D eigenvalue weighted by molar-refractivity contribution is 5.95. The molecule has 0 aromatic heterocycles. The summed E-state index contributed by atoms with van der Waals surface area (Å²) in [7, 11) is 0. The molecule has 0 heterocycles. The Morgan fingerprint density at radius 3 is 2.80 bits per heavy atom. The summed E-state index contributed by atoms with van der Waals surface area (Å²) in [5, 5.41) is 22.8. The van der Waals surface area contributed by atoms with Gasteiger partial charge in [-0.25, -0.2) is 4.79 Å². The molecule has 0 radical (unpaired) electrons. The van der Waals surface area contributed by atoms with Crippen molar-refractivity contribution in [3.8, 4) is 0 Å². The number of nitro groups is 1. The van der Waals surface area contributed by atoms with E-state index in [2.05, 4.69) is 5.32 Å². The van der Waals surface area contributed by atoms with Crippen LogP contribution in [0.4, 0.5) is 11.4 Å². The zero-order valence-electron chi connectivity index (χ0n) is 11.3. The average Bonchev–Trinajstić information content (AvgIpc) is 2.42. The minimum Gasteiger partial charge on any atom is -0.477 e. The number of benzene rings is 1. The predicted octanol–water partition coefficient (Wildman–Crippen LogP) is 2.52. The van der Waals surface area contributed by atoms with Crippen LogP contribution in [-0.2, 0) is 4.74 Å². The van der Waals surface area contributed by atoms with Crippen LogP contribution in [0.2, 0.25) is 0 Å². The number of para-hydroxylation sites is 1. The van der Waals surface area contributed by atoms with Gasteiger partial charge >= 0.3 is 11.7 Å². The second-order valence-corrected chi connectivity index (χ2v) is 4.16. The Bertz CT molecular complexity index is 476. The smallest absolute Gasteiger partial charge is 0.342 e. The number of nitrogens with zero attached hydrogens (tertiary/aromatic N) is 1. The van der Waals surface area contributed by atoms with Crippen molar-refractivity contribution in [2.24, 2.45) is 0 Å². The Morgan fingerprint density at radius 2 is 2.20 bits per heavy atom. The SMILES string of the molecule is CCCOCCCNc1cccc(C(=O)O)c1[N+](=O)[O-]. The average molecular weight is 282 g/mol. The molecule has 0 aliphatic heterocycles. The minimum atomic E-state index is -1.31. The molecule has 0 bridgehead atoms. The number of aromatic carboxylic acids is 1. The van der Waals surface area contributed by atoms with E-state index in [9.17, 15) is 14.9 Å². The second-order valence-electron chi connectivity index (χ2n) is 4.16. The van der Waals surface area contributed by atoms with E-state index < -0.39 is 16.6 Å². The molecule has 7 nitrogen and oxygen atoms in total. The minimum absolute atomic E-state index is 0.213. The largest absolute Gasteiger partial charge is 0.477 e. The molecule has 0 unspecified atom stereocenters. The van der Waals surface area contributed by atoms with Crippen LogP contribution >= 0.6 is 0 Å². The number of nitrogens with one attached hydrogen (secondary N) is 1. The lowest BCUT2D eigenvalue weighted by Gasteiger charge is -2.08. The Labute approximate surface area is 116 Å².